The molecule has 0 unspecified atom stereocenters. The van der Waals surface area contributed by atoms with Gasteiger partial charge in [-0.2, -0.15) is 0 Å². The first kappa shape index (κ1) is 28.1. The number of ether oxygens (including phenoxy) is 3. The third-order valence-corrected chi connectivity index (χ3v) is 7.35. The van der Waals surface area contributed by atoms with Crippen LogP contribution in [0.25, 0.3) is 0 Å². The number of furan rings is 1. The van der Waals surface area contributed by atoms with Crippen molar-refractivity contribution in [2.75, 3.05) is 52.4 Å². The van der Waals surface area contributed by atoms with Gasteiger partial charge in [-0.25, -0.2) is 0 Å². The van der Waals surface area contributed by atoms with E-state index in [1.807, 2.05) is 65.6 Å². The van der Waals surface area contributed by atoms with Gasteiger partial charge in [0.1, 0.15) is 11.5 Å². The average Bonchev–Trinajstić information content (AvgIpc) is 3.49. The van der Waals surface area contributed by atoms with E-state index in [9.17, 15) is 4.79 Å². The van der Waals surface area contributed by atoms with Gasteiger partial charge in [0.2, 0.25) is 0 Å². The third kappa shape index (κ3) is 6.84. The number of anilines is 1. The van der Waals surface area contributed by atoms with Crippen LogP contribution in [-0.4, -0.2) is 63.2 Å². The molecule has 0 radical (unpaired) electrons. The van der Waals surface area contributed by atoms with Crippen molar-refractivity contribution >= 4 is 11.6 Å². The van der Waals surface area contributed by atoms with Crippen molar-refractivity contribution in [2.45, 2.75) is 19.6 Å². The molecule has 1 aliphatic rings. The monoisotopic (exact) mass is 555 g/mol. The summed E-state index contributed by atoms with van der Waals surface area (Å²) in [5.74, 6) is 3.28. The molecule has 5 rings (SSSR count). The Morgan fingerprint density at radius 1 is 0.707 bits per heavy atom. The van der Waals surface area contributed by atoms with Crippen LogP contribution in [0.1, 0.15) is 27.4 Å². The molecule has 0 saturated carbocycles. The Bertz CT molecular complexity index is 1430. The fourth-order valence-electron chi connectivity index (χ4n) is 5.24. The Balaban J connectivity index is 1.25. The van der Waals surface area contributed by atoms with Crippen LogP contribution in [-0.2, 0) is 19.6 Å². The van der Waals surface area contributed by atoms with Crippen molar-refractivity contribution in [1.29, 1.82) is 0 Å². The summed E-state index contributed by atoms with van der Waals surface area (Å²) >= 11 is 0. The van der Waals surface area contributed by atoms with Crippen LogP contribution in [0.5, 0.6) is 17.2 Å². The van der Waals surface area contributed by atoms with E-state index in [1.54, 1.807) is 27.4 Å². The molecule has 41 heavy (non-hydrogen) atoms. The zero-order valence-corrected chi connectivity index (χ0v) is 23.9. The Morgan fingerprint density at radius 2 is 1.39 bits per heavy atom. The molecular formula is C33H37N3O5. The minimum Gasteiger partial charge on any atom is -0.495 e. The Kier molecular flexibility index (Phi) is 9.11. The molecule has 3 aromatic carbocycles. The van der Waals surface area contributed by atoms with E-state index in [-0.39, 0.29) is 5.91 Å². The molecule has 1 saturated heterocycles. The van der Waals surface area contributed by atoms with E-state index in [0.29, 0.717) is 43.4 Å². The third-order valence-electron chi connectivity index (χ3n) is 7.35. The van der Waals surface area contributed by atoms with E-state index in [1.165, 1.54) is 5.56 Å². The van der Waals surface area contributed by atoms with Crippen molar-refractivity contribution in [2.24, 2.45) is 0 Å². The SMILES string of the molecule is COc1ccc(CN(Cc2ccccc2)Cc2ccc(C(=O)N3CCN(c4ccccc4OC)CC3)o2)cc1OC. The van der Waals surface area contributed by atoms with Crippen molar-refractivity contribution in [1.82, 2.24) is 9.80 Å². The summed E-state index contributed by atoms with van der Waals surface area (Å²) in [4.78, 5) is 19.7. The number of benzene rings is 3. The summed E-state index contributed by atoms with van der Waals surface area (Å²) in [6.07, 6.45) is 0. The highest BCUT2D eigenvalue weighted by Crippen LogP contribution is 2.30. The number of amides is 1. The van der Waals surface area contributed by atoms with Crippen LogP contribution in [0.15, 0.2) is 89.3 Å². The molecule has 8 nitrogen and oxygen atoms in total. The number of hydrogen-bond donors (Lipinski definition) is 0. The second-order valence-electron chi connectivity index (χ2n) is 10.0. The molecule has 0 bridgehead atoms. The average molecular weight is 556 g/mol. The summed E-state index contributed by atoms with van der Waals surface area (Å²) in [5.41, 5.74) is 3.34. The highest BCUT2D eigenvalue weighted by atomic mass is 16.5. The summed E-state index contributed by atoms with van der Waals surface area (Å²) in [5, 5.41) is 0. The first-order valence-corrected chi connectivity index (χ1v) is 13.8. The maximum atomic E-state index is 13.3. The van der Waals surface area contributed by atoms with Gasteiger partial charge < -0.3 is 28.4 Å². The fourth-order valence-corrected chi connectivity index (χ4v) is 5.24. The number of carbonyl (C=O) groups is 1. The minimum absolute atomic E-state index is 0.0783. The second-order valence-corrected chi connectivity index (χ2v) is 10.0. The molecule has 0 spiro atoms. The summed E-state index contributed by atoms with van der Waals surface area (Å²) in [7, 11) is 4.96. The topological polar surface area (TPSA) is 67.6 Å². The first-order valence-electron chi connectivity index (χ1n) is 13.8. The van der Waals surface area contributed by atoms with E-state index in [0.717, 1.165) is 42.4 Å². The van der Waals surface area contributed by atoms with Crippen molar-refractivity contribution in [3.63, 3.8) is 0 Å². The van der Waals surface area contributed by atoms with Crippen LogP contribution < -0.4 is 19.1 Å². The van der Waals surface area contributed by atoms with Gasteiger partial charge >= 0.3 is 0 Å². The van der Waals surface area contributed by atoms with Gasteiger partial charge in [-0.05, 0) is 47.5 Å². The lowest BCUT2D eigenvalue weighted by Crippen LogP contribution is -2.48. The van der Waals surface area contributed by atoms with Gasteiger partial charge in [0.05, 0.1) is 33.6 Å². The van der Waals surface area contributed by atoms with Crippen LogP contribution in [0.2, 0.25) is 0 Å². The number of para-hydroxylation sites is 2. The van der Waals surface area contributed by atoms with Gasteiger partial charge in [0.15, 0.2) is 17.3 Å². The summed E-state index contributed by atoms with van der Waals surface area (Å²) in [6, 6.07) is 28.0. The Hall–Kier alpha value is -4.43. The second kappa shape index (κ2) is 13.3. The molecular weight excluding hydrogens is 518 g/mol. The first-order chi connectivity index (χ1) is 20.1. The van der Waals surface area contributed by atoms with Gasteiger partial charge in [-0.15, -0.1) is 0 Å². The zero-order chi connectivity index (χ0) is 28.6. The van der Waals surface area contributed by atoms with Crippen molar-refractivity contribution in [3.8, 4) is 17.2 Å². The van der Waals surface area contributed by atoms with Gasteiger partial charge in [-0.1, -0.05) is 48.5 Å². The molecule has 1 aromatic heterocycles. The quantitative estimate of drug-likeness (QED) is 0.243. The van der Waals surface area contributed by atoms with E-state index < -0.39 is 0 Å². The number of nitrogens with zero attached hydrogens (tertiary/aromatic N) is 3. The molecule has 8 heteroatoms. The van der Waals surface area contributed by atoms with Crippen LogP contribution in [0, 0.1) is 0 Å². The number of hydrogen-bond acceptors (Lipinski definition) is 7. The van der Waals surface area contributed by atoms with Crippen LogP contribution in [0.3, 0.4) is 0 Å². The van der Waals surface area contributed by atoms with E-state index >= 15 is 0 Å². The lowest BCUT2D eigenvalue weighted by atomic mass is 10.1. The number of methoxy groups -OCH3 is 3. The molecule has 1 aliphatic heterocycles. The molecule has 0 N–H and O–H groups in total. The van der Waals surface area contributed by atoms with Gasteiger partial charge in [-0.3, -0.25) is 9.69 Å². The zero-order valence-electron chi connectivity index (χ0n) is 23.9. The molecule has 2 heterocycles. The highest BCUT2D eigenvalue weighted by Gasteiger charge is 2.26. The largest absolute Gasteiger partial charge is 0.495 e. The molecule has 214 valence electrons. The van der Waals surface area contributed by atoms with E-state index in [2.05, 4.69) is 28.0 Å². The number of carbonyl (C=O) groups excluding carboxylic acids is 1. The predicted octanol–water partition coefficient (Wildman–Crippen LogP) is 5.47. The minimum atomic E-state index is -0.0783. The van der Waals surface area contributed by atoms with Crippen LogP contribution in [0.4, 0.5) is 5.69 Å². The van der Waals surface area contributed by atoms with E-state index in [4.69, 9.17) is 18.6 Å². The van der Waals surface area contributed by atoms with Gasteiger partial charge in [0.25, 0.3) is 5.91 Å². The summed E-state index contributed by atoms with van der Waals surface area (Å²) in [6.45, 7) is 4.65. The van der Waals surface area contributed by atoms with Crippen molar-refractivity contribution < 1.29 is 23.4 Å². The molecule has 0 aliphatic carbocycles. The van der Waals surface area contributed by atoms with Gasteiger partial charge in [0, 0.05) is 39.3 Å². The van der Waals surface area contributed by atoms with Crippen molar-refractivity contribution in [3.05, 3.63) is 108 Å². The lowest BCUT2D eigenvalue weighted by Gasteiger charge is -2.36. The molecule has 1 amide bonds. The lowest BCUT2D eigenvalue weighted by molar-refractivity contribution is 0.0710. The molecule has 0 atom stereocenters. The summed E-state index contributed by atoms with van der Waals surface area (Å²) < 4.78 is 22.6. The maximum Gasteiger partial charge on any atom is 0.289 e. The number of rotatable bonds is 11. The fraction of sp³-hybridized carbons (Fsp3) is 0.303. The molecule has 4 aromatic rings. The smallest absolute Gasteiger partial charge is 0.289 e. The Labute approximate surface area is 241 Å². The Morgan fingerprint density at radius 3 is 2.12 bits per heavy atom. The molecule has 1 fully saturated rings. The standard InChI is InChI=1S/C33H37N3O5/c1-38-29-12-8-7-11-28(29)35-17-19-36(20-18-35)33(37)31-16-14-27(41-31)24-34(22-25-9-5-4-6-10-25)23-26-13-15-30(39-2)32(21-26)40-3/h4-16,21H,17-20,22-24H2,1-3H3. The highest BCUT2D eigenvalue weighted by molar-refractivity contribution is 5.91. The maximum absolute atomic E-state index is 13.3. The normalized spacial score (nSPS) is 13.4. The van der Waals surface area contributed by atoms with Crippen LogP contribution >= 0.6 is 0 Å². The predicted molar refractivity (Wildman–Crippen MR) is 159 cm³/mol. The number of piperazine rings is 1.